The van der Waals surface area contributed by atoms with Crippen LogP contribution in [0.15, 0.2) is 0 Å². The van der Waals surface area contributed by atoms with Crippen LogP contribution < -0.4 is 5.73 Å². The number of esters is 1. The molecular formula is C12H22N2O3. The van der Waals surface area contributed by atoms with Crippen LogP contribution in [-0.2, 0) is 14.3 Å². The lowest BCUT2D eigenvalue weighted by Gasteiger charge is -2.39. The number of rotatable bonds is 3. The fraction of sp³-hybridized carbons (Fsp3) is 0.833. The van der Waals surface area contributed by atoms with Crippen LogP contribution in [-0.4, -0.2) is 41.5 Å². The number of hydrogen-bond donors (Lipinski definition) is 1. The Bertz CT molecular complexity index is 283. The van der Waals surface area contributed by atoms with Gasteiger partial charge in [0.2, 0.25) is 0 Å². The summed E-state index contributed by atoms with van der Waals surface area (Å²) in [7, 11) is 0. The molecule has 1 rings (SSSR count). The van der Waals surface area contributed by atoms with Gasteiger partial charge in [0, 0.05) is 12.1 Å². The molecule has 98 valence electrons. The Morgan fingerprint density at radius 1 is 1.35 bits per heavy atom. The molecule has 0 bridgehead atoms. The van der Waals surface area contributed by atoms with E-state index < -0.39 is 12.0 Å². The predicted octanol–water partition coefficient (Wildman–Crippen LogP) is 0.666. The van der Waals surface area contributed by atoms with Crippen molar-refractivity contribution < 1.29 is 14.3 Å². The fourth-order valence-corrected chi connectivity index (χ4v) is 2.35. The first-order valence-electron chi connectivity index (χ1n) is 6.23. The van der Waals surface area contributed by atoms with E-state index in [1.165, 1.54) is 0 Å². The first kappa shape index (κ1) is 14.0. The fourth-order valence-electron chi connectivity index (χ4n) is 2.35. The highest BCUT2D eigenvalue weighted by Gasteiger charge is 2.35. The molecule has 1 aliphatic heterocycles. The van der Waals surface area contributed by atoms with Crippen LogP contribution in [0.4, 0.5) is 0 Å². The van der Waals surface area contributed by atoms with Crippen molar-refractivity contribution in [3.05, 3.63) is 0 Å². The van der Waals surface area contributed by atoms with Crippen molar-refractivity contribution in [1.29, 1.82) is 0 Å². The zero-order valence-corrected chi connectivity index (χ0v) is 10.8. The quantitative estimate of drug-likeness (QED) is 0.583. The largest absolute Gasteiger partial charge is 0.464 e. The third kappa shape index (κ3) is 3.19. The minimum absolute atomic E-state index is 0.145. The van der Waals surface area contributed by atoms with Crippen LogP contribution in [0.25, 0.3) is 0 Å². The van der Waals surface area contributed by atoms with E-state index in [1.807, 2.05) is 13.8 Å². The number of piperidine rings is 1. The van der Waals surface area contributed by atoms with Gasteiger partial charge < -0.3 is 15.4 Å². The van der Waals surface area contributed by atoms with Crippen LogP contribution in [0.2, 0.25) is 0 Å². The summed E-state index contributed by atoms with van der Waals surface area (Å²) in [6.07, 6.45) is 3.04. The summed E-state index contributed by atoms with van der Waals surface area (Å²) in [6.45, 7) is 5.92. The molecule has 0 aromatic heterocycles. The Balaban J connectivity index is 2.70. The average molecular weight is 242 g/mol. The smallest absolute Gasteiger partial charge is 0.332 e. The highest BCUT2D eigenvalue weighted by atomic mass is 16.5. The van der Waals surface area contributed by atoms with Gasteiger partial charge in [0.25, 0.3) is 5.91 Å². The van der Waals surface area contributed by atoms with Crippen molar-refractivity contribution in [3.63, 3.8) is 0 Å². The average Bonchev–Trinajstić information content (AvgIpc) is 2.27. The second kappa shape index (κ2) is 6.00. The zero-order valence-electron chi connectivity index (χ0n) is 10.8. The van der Waals surface area contributed by atoms with Gasteiger partial charge in [-0.05, 0) is 40.0 Å². The van der Waals surface area contributed by atoms with Gasteiger partial charge in [0.1, 0.15) is 0 Å². The third-order valence-corrected chi connectivity index (χ3v) is 3.25. The minimum Gasteiger partial charge on any atom is -0.464 e. The van der Waals surface area contributed by atoms with Crippen LogP contribution in [0.3, 0.4) is 0 Å². The first-order valence-corrected chi connectivity index (χ1v) is 6.23. The van der Waals surface area contributed by atoms with Crippen LogP contribution in [0, 0.1) is 0 Å². The molecule has 1 aliphatic rings. The number of amides is 1. The maximum Gasteiger partial charge on any atom is 0.332 e. The number of ether oxygens (including phenoxy) is 1. The normalized spacial score (nSPS) is 26.5. The SMILES string of the molecule is CCOC(=O)C(N)C(=O)N1[C@H](C)CCC[C@@H]1C. The predicted molar refractivity (Wildman–Crippen MR) is 64.2 cm³/mol. The Morgan fingerprint density at radius 3 is 2.35 bits per heavy atom. The standard InChI is InChI=1S/C12H22N2O3/c1-4-17-12(16)10(13)11(15)14-8(2)6-5-7-9(14)3/h8-10H,4-7,13H2,1-3H3/t8-,9+,10?. The van der Waals surface area contributed by atoms with E-state index in [9.17, 15) is 9.59 Å². The summed E-state index contributed by atoms with van der Waals surface area (Å²) in [5.74, 6) is -0.953. The molecule has 0 saturated carbocycles. The molecule has 5 nitrogen and oxygen atoms in total. The Morgan fingerprint density at radius 2 is 1.88 bits per heavy atom. The molecular weight excluding hydrogens is 220 g/mol. The molecule has 0 aromatic carbocycles. The molecule has 17 heavy (non-hydrogen) atoms. The summed E-state index contributed by atoms with van der Waals surface area (Å²) in [5, 5.41) is 0. The number of likely N-dealkylation sites (tertiary alicyclic amines) is 1. The van der Waals surface area contributed by atoms with Gasteiger partial charge >= 0.3 is 5.97 Å². The minimum atomic E-state index is -1.18. The maximum absolute atomic E-state index is 12.1. The summed E-state index contributed by atoms with van der Waals surface area (Å²) >= 11 is 0. The van der Waals surface area contributed by atoms with E-state index in [4.69, 9.17) is 10.5 Å². The third-order valence-electron chi connectivity index (χ3n) is 3.25. The maximum atomic E-state index is 12.1. The van der Waals surface area contributed by atoms with Gasteiger partial charge in [-0.1, -0.05) is 0 Å². The van der Waals surface area contributed by atoms with Gasteiger partial charge in [0.15, 0.2) is 6.04 Å². The molecule has 5 heteroatoms. The summed E-state index contributed by atoms with van der Waals surface area (Å²) in [6, 6.07) is -0.892. The lowest BCUT2D eigenvalue weighted by molar-refractivity contribution is -0.153. The van der Waals surface area contributed by atoms with Gasteiger partial charge in [-0.25, -0.2) is 4.79 Å². The monoisotopic (exact) mass is 242 g/mol. The molecule has 1 heterocycles. The van der Waals surface area contributed by atoms with E-state index in [0.717, 1.165) is 19.3 Å². The van der Waals surface area contributed by atoms with Crippen molar-refractivity contribution in [2.24, 2.45) is 5.73 Å². The van der Waals surface area contributed by atoms with Crippen molar-refractivity contribution in [1.82, 2.24) is 4.90 Å². The van der Waals surface area contributed by atoms with Crippen LogP contribution in [0.1, 0.15) is 40.0 Å². The lowest BCUT2D eigenvalue weighted by atomic mass is 9.96. The summed E-state index contributed by atoms with van der Waals surface area (Å²) in [4.78, 5) is 25.3. The highest BCUT2D eigenvalue weighted by Crippen LogP contribution is 2.23. The number of carbonyl (C=O) groups excluding carboxylic acids is 2. The Hall–Kier alpha value is -1.10. The number of nitrogens with two attached hydrogens (primary N) is 1. The molecule has 0 aliphatic carbocycles. The van der Waals surface area contributed by atoms with E-state index >= 15 is 0 Å². The molecule has 1 fully saturated rings. The van der Waals surface area contributed by atoms with E-state index in [1.54, 1.807) is 11.8 Å². The van der Waals surface area contributed by atoms with Crippen LogP contribution in [0.5, 0.6) is 0 Å². The molecule has 1 saturated heterocycles. The molecule has 1 amide bonds. The molecule has 0 aromatic rings. The van der Waals surface area contributed by atoms with E-state index in [-0.39, 0.29) is 24.6 Å². The highest BCUT2D eigenvalue weighted by molar-refractivity contribution is 6.01. The van der Waals surface area contributed by atoms with Crippen LogP contribution >= 0.6 is 0 Å². The number of nitrogens with zero attached hydrogens (tertiary/aromatic N) is 1. The second-order valence-electron chi connectivity index (χ2n) is 4.60. The van der Waals surface area contributed by atoms with Gasteiger partial charge in [-0.15, -0.1) is 0 Å². The van der Waals surface area contributed by atoms with Crippen molar-refractivity contribution >= 4 is 11.9 Å². The second-order valence-corrected chi connectivity index (χ2v) is 4.60. The van der Waals surface area contributed by atoms with E-state index in [0.29, 0.717) is 0 Å². The van der Waals surface area contributed by atoms with E-state index in [2.05, 4.69) is 0 Å². The van der Waals surface area contributed by atoms with Gasteiger partial charge in [-0.2, -0.15) is 0 Å². The van der Waals surface area contributed by atoms with Crippen molar-refractivity contribution in [2.45, 2.75) is 58.2 Å². The number of hydrogen-bond acceptors (Lipinski definition) is 4. The van der Waals surface area contributed by atoms with Crippen molar-refractivity contribution in [2.75, 3.05) is 6.61 Å². The Kier molecular flexibility index (Phi) is 4.93. The zero-order chi connectivity index (χ0) is 13.0. The van der Waals surface area contributed by atoms with Gasteiger partial charge in [0.05, 0.1) is 6.61 Å². The molecule has 3 atom stereocenters. The first-order chi connectivity index (χ1) is 7.99. The van der Waals surface area contributed by atoms with Gasteiger partial charge in [-0.3, -0.25) is 4.79 Å². The topological polar surface area (TPSA) is 72.6 Å². The molecule has 2 N–H and O–H groups in total. The Labute approximate surface area is 102 Å². The lowest BCUT2D eigenvalue weighted by Crippen LogP contribution is -2.56. The van der Waals surface area contributed by atoms with Crippen molar-refractivity contribution in [3.8, 4) is 0 Å². The molecule has 0 spiro atoms. The summed E-state index contributed by atoms with van der Waals surface area (Å²) in [5.41, 5.74) is 5.64. The number of carbonyl (C=O) groups is 2. The summed E-state index contributed by atoms with van der Waals surface area (Å²) < 4.78 is 4.77. The molecule has 0 radical (unpaired) electrons. The molecule has 1 unspecified atom stereocenters.